The van der Waals surface area contributed by atoms with Gasteiger partial charge in [0.25, 0.3) is 0 Å². The molecule has 3 rings (SSSR count). The van der Waals surface area contributed by atoms with Crippen LogP contribution in [0.2, 0.25) is 0 Å². The second-order valence-electron chi connectivity index (χ2n) is 6.74. The second kappa shape index (κ2) is 6.25. The fraction of sp³-hybridized carbons (Fsp3) is 0.500. The van der Waals surface area contributed by atoms with Crippen molar-refractivity contribution >= 4 is 17.0 Å². The van der Waals surface area contributed by atoms with Gasteiger partial charge in [-0.15, -0.1) is 0 Å². The van der Waals surface area contributed by atoms with Gasteiger partial charge >= 0.3 is 5.97 Å². The van der Waals surface area contributed by atoms with E-state index in [0.29, 0.717) is 17.3 Å². The first-order valence-corrected chi connectivity index (χ1v) is 8.03. The van der Waals surface area contributed by atoms with Crippen LogP contribution in [0.4, 0.5) is 0 Å². The van der Waals surface area contributed by atoms with Crippen LogP contribution in [0, 0.1) is 11.3 Å². The lowest BCUT2D eigenvalue weighted by molar-refractivity contribution is -0.0593. The van der Waals surface area contributed by atoms with Gasteiger partial charge < -0.3 is 14.0 Å². The van der Waals surface area contributed by atoms with E-state index in [9.17, 15) is 4.79 Å². The molecular formula is C18H21N3O3. The Bertz CT molecular complexity index is 817. The minimum atomic E-state index is -0.461. The normalized spacial score (nSPS) is 19.8. The number of ether oxygens (including phenoxy) is 2. The number of rotatable bonds is 3. The van der Waals surface area contributed by atoms with E-state index in [1.54, 1.807) is 10.6 Å². The topological polar surface area (TPSA) is 77.1 Å². The number of nitrogens with zero attached hydrogens (tertiary/aromatic N) is 3. The number of esters is 1. The lowest BCUT2D eigenvalue weighted by Crippen LogP contribution is -2.33. The average Bonchev–Trinajstić information content (AvgIpc) is 2.91. The molecule has 6 nitrogen and oxygen atoms in total. The van der Waals surface area contributed by atoms with E-state index in [1.165, 1.54) is 7.11 Å². The minimum absolute atomic E-state index is 0.0601. The third-order valence-electron chi connectivity index (χ3n) is 4.55. The molecule has 0 aromatic carbocycles. The van der Waals surface area contributed by atoms with Crippen molar-refractivity contribution in [3.8, 4) is 6.07 Å². The Hall–Kier alpha value is -2.39. The summed E-state index contributed by atoms with van der Waals surface area (Å²) in [6.45, 7) is 5.00. The van der Waals surface area contributed by atoms with Gasteiger partial charge in [-0.1, -0.05) is 0 Å². The Balaban J connectivity index is 2.02. The van der Waals surface area contributed by atoms with Crippen molar-refractivity contribution in [1.82, 2.24) is 9.55 Å². The summed E-state index contributed by atoms with van der Waals surface area (Å²) in [5.41, 5.74) is 1.99. The Morgan fingerprint density at radius 3 is 3.00 bits per heavy atom. The number of hydrogen-bond donors (Lipinski definition) is 0. The number of pyridine rings is 1. The predicted octanol–water partition coefficient (Wildman–Crippen LogP) is 3.02. The molecule has 126 valence electrons. The Labute approximate surface area is 141 Å². The van der Waals surface area contributed by atoms with Crippen LogP contribution in [0.15, 0.2) is 18.3 Å². The first kappa shape index (κ1) is 16.5. The van der Waals surface area contributed by atoms with Gasteiger partial charge in [-0.3, -0.25) is 0 Å². The summed E-state index contributed by atoms with van der Waals surface area (Å²) in [4.78, 5) is 16.5. The molecule has 1 aliphatic rings. The number of carbonyl (C=O) groups excluding carboxylic acids is 1. The van der Waals surface area contributed by atoms with Crippen molar-refractivity contribution in [3.63, 3.8) is 0 Å². The van der Waals surface area contributed by atoms with Crippen LogP contribution in [-0.4, -0.2) is 34.8 Å². The fourth-order valence-electron chi connectivity index (χ4n) is 3.41. The molecule has 0 spiro atoms. The van der Waals surface area contributed by atoms with E-state index < -0.39 is 5.97 Å². The van der Waals surface area contributed by atoms with Gasteiger partial charge in [0.1, 0.15) is 17.9 Å². The molecule has 0 amide bonds. The van der Waals surface area contributed by atoms with Crippen LogP contribution in [0.25, 0.3) is 11.0 Å². The highest BCUT2D eigenvalue weighted by Crippen LogP contribution is 2.36. The van der Waals surface area contributed by atoms with Crippen LogP contribution < -0.4 is 0 Å². The van der Waals surface area contributed by atoms with E-state index in [2.05, 4.69) is 31.0 Å². The van der Waals surface area contributed by atoms with Crippen molar-refractivity contribution in [2.75, 3.05) is 13.7 Å². The standard InChI is InChI=1S/C18H21N3O3/c1-18(2)10-12(4-7-24-18)14-8-13-9-15(17(22)23-3)21(6-5-19)16(13)20-11-14/h8-9,11-12H,4,6-7,10H2,1-3H3. The summed E-state index contributed by atoms with van der Waals surface area (Å²) in [5, 5.41) is 9.88. The molecular weight excluding hydrogens is 306 g/mol. The average molecular weight is 327 g/mol. The minimum Gasteiger partial charge on any atom is -0.464 e. The lowest BCUT2D eigenvalue weighted by atomic mass is 9.84. The molecule has 1 unspecified atom stereocenters. The monoisotopic (exact) mass is 327 g/mol. The van der Waals surface area contributed by atoms with Gasteiger partial charge in [0.2, 0.25) is 0 Å². The SMILES string of the molecule is COC(=O)c1cc2cc(C3CCOC(C)(C)C3)cnc2n1CC#N. The maximum Gasteiger partial charge on any atom is 0.354 e. The molecule has 0 radical (unpaired) electrons. The van der Waals surface area contributed by atoms with E-state index in [1.807, 2.05) is 6.20 Å². The van der Waals surface area contributed by atoms with E-state index in [0.717, 1.165) is 30.4 Å². The quantitative estimate of drug-likeness (QED) is 0.810. The van der Waals surface area contributed by atoms with Crippen LogP contribution in [0.1, 0.15) is 48.7 Å². The van der Waals surface area contributed by atoms with Crippen LogP contribution in [0.3, 0.4) is 0 Å². The zero-order valence-electron chi connectivity index (χ0n) is 14.2. The molecule has 1 saturated heterocycles. The number of fused-ring (bicyclic) bond motifs is 1. The number of carbonyl (C=O) groups is 1. The maximum atomic E-state index is 12.0. The number of methoxy groups -OCH3 is 1. The van der Waals surface area contributed by atoms with Crippen LogP contribution >= 0.6 is 0 Å². The van der Waals surface area contributed by atoms with E-state index in [4.69, 9.17) is 14.7 Å². The summed E-state index contributed by atoms with van der Waals surface area (Å²) in [7, 11) is 1.33. The third kappa shape index (κ3) is 3.00. The molecule has 1 atom stereocenters. The highest BCUT2D eigenvalue weighted by Gasteiger charge is 2.30. The van der Waals surface area contributed by atoms with Crippen molar-refractivity contribution in [3.05, 3.63) is 29.6 Å². The summed E-state index contributed by atoms with van der Waals surface area (Å²) in [6.07, 6.45) is 3.74. The lowest BCUT2D eigenvalue weighted by Gasteiger charge is -2.35. The molecule has 1 fully saturated rings. The molecule has 0 N–H and O–H groups in total. The van der Waals surface area contributed by atoms with Crippen molar-refractivity contribution in [2.45, 2.75) is 44.8 Å². The zero-order chi connectivity index (χ0) is 17.3. The summed E-state index contributed by atoms with van der Waals surface area (Å²) in [5.74, 6) is -0.0801. The highest BCUT2D eigenvalue weighted by molar-refractivity contribution is 5.94. The first-order valence-electron chi connectivity index (χ1n) is 8.03. The smallest absolute Gasteiger partial charge is 0.354 e. The number of hydrogen-bond acceptors (Lipinski definition) is 5. The fourth-order valence-corrected chi connectivity index (χ4v) is 3.41. The number of aromatic nitrogens is 2. The maximum absolute atomic E-state index is 12.0. The Morgan fingerprint density at radius 2 is 2.33 bits per heavy atom. The second-order valence-corrected chi connectivity index (χ2v) is 6.74. The molecule has 6 heteroatoms. The predicted molar refractivity (Wildman–Crippen MR) is 88.7 cm³/mol. The molecule has 0 bridgehead atoms. The van der Waals surface area contributed by atoms with Crippen molar-refractivity contribution in [1.29, 1.82) is 5.26 Å². The van der Waals surface area contributed by atoms with Gasteiger partial charge in [0.15, 0.2) is 0 Å². The third-order valence-corrected chi connectivity index (χ3v) is 4.55. The first-order chi connectivity index (χ1) is 11.4. The molecule has 2 aromatic rings. The highest BCUT2D eigenvalue weighted by atomic mass is 16.5. The summed E-state index contributed by atoms with van der Waals surface area (Å²) >= 11 is 0. The van der Waals surface area contributed by atoms with Crippen molar-refractivity contribution < 1.29 is 14.3 Å². The molecule has 1 aliphatic heterocycles. The van der Waals surface area contributed by atoms with Gasteiger partial charge in [0.05, 0.1) is 18.8 Å². The van der Waals surface area contributed by atoms with Gasteiger partial charge in [-0.25, -0.2) is 9.78 Å². The summed E-state index contributed by atoms with van der Waals surface area (Å²) in [6, 6.07) is 5.88. The Kier molecular flexibility index (Phi) is 4.29. The largest absolute Gasteiger partial charge is 0.464 e. The summed E-state index contributed by atoms with van der Waals surface area (Å²) < 4.78 is 12.2. The van der Waals surface area contributed by atoms with Gasteiger partial charge in [-0.2, -0.15) is 5.26 Å². The molecule has 0 saturated carbocycles. The zero-order valence-corrected chi connectivity index (χ0v) is 14.2. The molecule has 3 heterocycles. The molecule has 24 heavy (non-hydrogen) atoms. The van der Waals surface area contributed by atoms with Crippen LogP contribution in [-0.2, 0) is 16.0 Å². The number of nitriles is 1. The Morgan fingerprint density at radius 1 is 1.54 bits per heavy atom. The van der Waals surface area contributed by atoms with Crippen LogP contribution in [0.5, 0.6) is 0 Å². The molecule has 0 aliphatic carbocycles. The van der Waals surface area contributed by atoms with E-state index >= 15 is 0 Å². The van der Waals surface area contributed by atoms with E-state index in [-0.39, 0.29) is 12.1 Å². The van der Waals surface area contributed by atoms with Gasteiger partial charge in [0, 0.05) is 18.2 Å². The molecule has 2 aromatic heterocycles. The van der Waals surface area contributed by atoms with Gasteiger partial charge in [-0.05, 0) is 50.3 Å². The van der Waals surface area contributed by atoms with Crippen molar-refractivity contribution in [2.24, 2.45) is 0 Å².